The Bertz CT molecular complexity index is 1610. The van der Waals surface area contributed by atoms with Gasteiger partial charge in [0.1, 0.15) is 22.8 Å². The summed E-state index contributed by atoms with van der Waals surface area (Å²) in [6, 6.07) is 13.5. The number of carboxylic acid groups (broad SMARTS) is 1. The highest BCUT2D eigenvalue weighted by atomic mass is 79.9. The van der Waals surface area contributed by atoms with Crippen LogP contribution >= 0.6 is 31.9 Å². The number of aliphatic carboxylic acids is 1. The van der Waals surface area contributed by atoms with E-state index in [1.165, 1.54) is 0 Å². The first-order valence-corrected chi connectivity index (χ1v) is 14.1. The molecule has 0 unspecified atom stereocenters. The molecule has 0 atom stereocenters. The molecular formula is C30H27Br2NO7. The van der Waals surface area contributed by atoms with Crippen molar-refractivity contribution in [3.05, 3.63) is 85.5 Å². The Morgan fingerprint density at radius 1 is 1.05 bits per heavy atom. The Labute approximate surface area is 247 Å². The highest BCUT2D eigenvalue weighted by Gasteiger charge is 2.29. The number of furan rings is 1. The Morgan fingerprint density at radius 3 is 2.35 bits per heavy atom. The molecule has 3 aromatic carbocycles. The van der Waals surface area contributed by atoms with Crippen LogP contribution in [-0.2, 0) is 11.2 Å². The van der Waals surface area contributed by atoms with Crippen molar-refractivity contribution in [2.45, 2.75) is 33.1 Å². The van der Waals surface area contributed by atoms with Crippen molar-refractivity contribution in [3.8, 4) is 11.5 Å². The molecule has 1 amide bonds. The quantitative estimate of drug-likeness (QED) is 0.167. The van der Waals surface area contributed by atoms with Gasteiger partial charge in [-0.2, -0.15) is 0 Å². The third kappa shape index (κ3) is 5.93. The van der Waals surface area contributed by atoms with Gasteiger partial charge in [-0.25, -0.2) is 4.79 Å². The van der Waals surface area contributed by atoms with Crippen molar-refractivity contribution in [1.29, 1.82) is 0 Å². The summed E-state index contributed by atoms with van der Waals surface area (Å²) in [5, 5.41) is 12.6. The molecule has 10 heteroatoms. The fraction of sp³-hybridized carbons (Fsp3) is 0.233. The number of benzene rings is 3. The van der Waals surface area contributed by atoms with E-state index in [2.05, 4.69) is 37.2 Å². The van der Waals surface area contributed by atoms with Crippen molar-refractivity contribution < 1.29 is 33.4 Å². The number of carboxylic acids is 1. The lowest BCUT2D eigenvalue weighted by molar-refractivity contribution is -0.139. The summed E-state index contributed by atoms with van der Waals surface area (Å²) >= 11 is 7.05. The van der Waals surface area contributed by atoms with Crippen LogP contribution in [0.2, 0.25) is 0 Å². The van der Waals surface area contributed by atoms with Crippen molar-refractivity contribution >= 4 is 66.2 Å². The normalized spacial score (nSPS) is 11.1. The maximum atomic E-state index is 14.2. The zero-order chi connectivity index (χ0) is 29.1. The average molecular weight is 673 g/mol. The molecule has 208 valence electrons. The van der Waals surface area contributed by atoms with Gasteiger partial charge in [0, 0.05) is 27.0 Å². The van der Waals surface area contributed by atoms with Crippen molar-refractivity contribution in [1.82, 2.24) is 0 Å². The SMILES string of the molecule is CCc1c(Br)cc(C(=O)c2c(C(C)C)oc3ccc(NC(=O)c4ccc(OC)cc4)cc23)c(OCC(=O)O)c1Br. The summed E-state index contributed by atoms with van der Waals surface area (Å²) in [6.45, 7) is 5.15. The number of hydrogen-bond acceptors (Lipinski definition) is 6. The summed E-state index contributed by atoms with van der Waals surface area (Å²) in [7, 11) is 1.55. The number of carbonyl (C=O) groups is 3. The topological polar surface area (TPSA) is 115 Å². The third-order valence-corrected chi connectivity index (χ3v) is 7.83. The molecule has 0 saturated carbocycles. The highest BCUT2D eigenvalue weighted by Crippen LogP contribution is 2.41. The number of ketones is 1. The van der Waals surface area contributed by atoms with Crippen LogP contribution in [0.4, 0.5) is 5.69 Å². The Hall–Kier alpha value is -3.63. The first kappa shape index (κ1) is 29.4. The zero-order valence-electron chi connectivity index (χ0n) is 22.3. The summed E-state index contributed by atoms with van der Waals surface area (Å²) < 4.78 is 18.1. The summed E-state index contributed by atoms with van der Waals surface area (Å²) in [4.78, 5) is 38.4. The number of hydrogen-bond donors (Lipinski definition) is 2. The van der Waals surface area contributed by atoms with E-state index in [0.717, 1.165) is 5.56 Å². The minimum Gasteiger partial charge on any atom is -0.497 e. The number of halogens is 2. The number of fused-ring (bicyclic) bond motifs is 1. The Balaban J connectivity index is 1.81. The van der Waals surface area contributed by atoms with Gasteiger partial charge in [-0.3, -0.25) is 9.59 Å². The molecule has 0 radical (unpaired) electrons. The average Bonchev–Trinajstić information content (AvgIpc) is 3.31. The summed E-state index contributed by atoms with van der Waals surface area (Å²) in [6.07, 6.45) is 0.613. The molecular weight excluding hydrogens is 646 g/mol. The molecule has 40 heavy (non-hydrogen) atoms. The molecule has 4 aromatic rings. The van der Waals surface area contributed by atoms with Crippen molar-refractivity contribution in [2.75, 3.05) is 19.0 Å². The van der Waals surface area contributed by atoms with Gasteiger partial charge in [-0.1, -0.05) is 36.7 Å². The number of amides is 1. The number of carbonyl (C=O) groups excluding carboxylic acids is 2. The van der Waals surface area contributed by atoms with Crippen molar-refractivity contribution in [3.63, 3.8) is 0 Å². The van der Waals surface area contributed by atoms with Gasteiger partial charge in [-0.05, 0) is 76.4 Å². The maximum Gasteiger partial charge on any atom is 0.341 e. The number of nitrogens with one attached hydrogen (secondary N) is 1. The molecule has 1 aromatic heterocycles. The van der Waals surface area contributed by atoms with Crippen LogP contribution in [0.5, 0.6) is 11.5 Å². The molecule has 8 nitrogen and oxygen atoms in total. The van der Waals surface area contributed by atoms with Gasteiger partial charge in [0.15, 0.2) is 6.61 Å². The van der Waals surface area contributed by atoms with E-state index in [-0.39, 0.29) is 23.1 Å². The largest absolute Gasteiger partial charge is 0.497 e. The van der Waals surface area contributed by atoms with E-state index in [1.54, 1.807) is 55.6 Å². The number of methoxy groups -OCH3 is 1. The lowest BCUT2D eigenvalue weighted by Crippen LogP contribution is -2.14. The number of ether oxygens (including phenoxy) is 2. The minimum atomic E-state index is -1.17. The number of anilines is 1. The van der Waals surface area contributed by atoms with Crippen molar-refractivity contribution in [2.24, 2.45) is 0 Å². The molecule has 2 N–H and O–H groups in total. The van der Waals surface area contributed by atoms with Gasteiger partial charge >= 0.3 is 5.97 Å². The zero-order valence-corrected chi connectivity index (χ0v) is 25.4. The van der Waals surface area contributed by atoms with E-state index >= 15 is 0 Å². The molecule has 0 bridgehead atoms. The van der Waals surface area contributed by atoms with E-state index in [4.69, 9.17) is 13.9 Å². The van der Waals surface area contributed by atoms with Gasteiger partial charge in [-0.15, -0.1) is 0 Å². The monoisotopic (exact) mass is 671 g/mol. The van der Waals surface area contributed by atoms with Crippen LogP contribution in [-0.4, -0.2) is 36.5 Å². The van der Waals surface area contributed by atoms with E-state index in [9.17, 15) is 19.5 Å². The third-order valence-electron chi connectivity index (χ3n) is 6.28. The second kappa shape index (κ2) is 12.3. The second-order valence-electron chi connectivity index (χ2n) is 9.28. The van der Waals surface area contributed by atoms with E-state index in [0.29, 0.717) is 54.7 Å². The van der Waals surface area contributed by atoms with Gasteiger partial charge in [0.25, 0.3) is 5.91 Å². The molecule has 0 spiro atoms. The summed E-state index contributed by atoms with van der Waals surface area (Å²) in [5.41, 5.74) is 2.72. The molecule has 0 aliphatic rings. The fourth-order valence-electron chi connectivity index (χ4n) is 4.32. The molecule has 4 rings (SSSR count). The van der Waals surface area contributed by atoms with Gasteiger partial charge in [0.2, 0.25) is 5.78 Å². The Morgan fingerprint density at radius 2 is 1.75 bits per heavy atom. The first-order chi connectivity index (χ1) is 19.0. The summed E-state index contributed by atoms with van der Waals surface area (Å²) in [5.74, 6) is -0.790. The van der Waals surface area contributed by atoms with Crippen LogP contribution in [0.3, 0.4) is 0 Å². The molecule has 0 aliphatic heterocycles. The maximum absolute atomic E-state index is 14.2. The number of rotatable bonds is 10. The minimum absolute atomic E-state index is 0.139. The van der Waals surface area contributed by atoms with Crippen LogP contribution in [0.1, 0.15) is 64.3 Å². The molecule has 1 heterocycles. The van der Waals surface area contributed by atoms with Crippen LogP contribution in [0, 0.1) is 0 Å². The first-order valence-electron chi connectivity index (χ1n) is 12.5. The smallest absolute Gasteiger partial charge is 0.341 e. The van der Waals surface area contributed by atoms with Crippen LogP contribution < -0.4 is 14.8 Å². The van der Waals surface area contributed by atoms with Crippen LogP contribution in [0.25, 0.3) is 11.0 Å². The molecule has 0 saturated heterocycles. The standard InChI is InChI=1S/C30H27Br2NO7/c1-5-19-22(31)13-21(29(26(19)32)39-14-24(34)35)27(36)25-20-12-17(8-11-23(20)40-28(25)15(2)3)33-30(37)16-6-9-18(38-4)10-7-16/h6-13,15H,5,14H2,1-4H3,(H,33,37)(H,34,35). The molecule has 0 aliphatic carbocycles. The van der Waals surface area contributed by atoms with Crippen LogP contribution in [0.15, 0.2) is 61.9 Å². The predicted octanol–water partition coefficient (Wildman–Crippen LogP) is 7.60. The van der Waals surface area contributed by atoms with E-state index in [1.807, 2.05) is 20.8 Å². The lowest BCUT2D eigenvalue weighted by Gasteiger charge is -2.16. The fourth-order valence-corrected chi connectivity index (χ4v) is 6.12. The van der Waals surface area contributed by atoms with E-state index < -0.39 is 18.4 Å². The van der Waals surface area contributed by atoms with Gasteiger partial charge in [0.05, 0.1) is 22.7 Å². The second-order valence-corrected chi connectivity index (χ2v) is 10.9. The predicted molar refractivity (Wildman–Crippen MR) is 159 cm³/mol. The molecule has 0 fully saturated rings. The van der Waals surface area contributed by atoms with Gasteiger partial charge < -0.3 is 24.3 Å². The lowest BCUT2D eigenvalue weighted by atomic mass is 9.94. The highest BCUT2D eigenvalue weighted by molar-refractivity contribution is 9.11. The Kier molecular flexibility index (Phi) is 9.00.